The van der Waals surface area contributed by atoms with E-state index in [0.717, 1.165) is 19.4 Å². The highest BCUT2D eigenvalue weighted by Crippen LogP contribution is 2.37. The molecule has 1 fully saturated rings. The molecule has 0 aliphatic carbocycles. The molecule has 0 amide bonds. The minimum Gasteiger partial charge on any atom is -0.480 e. The first-order valence-corrected chi connectivity index (χ1v) is 9.12. The van der Waals surface area contributed by atoms with Crippen molar-refractivity contribution in [2.45, 2.75) is 24.9 Å². The average Bonchev–Trinajstić information content (AvgIpc) is 3.27. The lowest BCUT2D eigenvalue weighted by Crippen LogP contribution is -2.38. The first-order valence-electron chi connectivity index (χ1n) is 8.25. The van der Waals surface area contributed by atoms with E-state index < -0.39 is 12.0 Å². The lowest BCUT2D eigenvalue weighted by molar-refractivity contribution is -0.142. The third kappa shape index (κ3) is 2.72. The Morgan fingerprint density at radius 3 is 2.71 bits per heavy atom. The monoisotopic (exact) mass is 337 g/mol. The topological polar surface area (TPSA) is 40.5 Å². The molecule has 2 atom stereocenters. The molecule has 4 heteroatoms. The second kappa shape index (κ2) is 6.38. The van der Waals surface area contributed by atoms with Crippen LogP contribution in [-0.4, -0.2) is 28.6 Å². The maximum atomic E-state index is 11.7. The van der Waals surface area contributed by atoms with E-state index in [4.69, 9.17) is 0 Å². The largest absolute Gasteiger partial charge is 0.480 e. The second-order valence-corrected chi connectivity index (χ2v) is 7.24. The van der Waals surface area contributed by atoms with E-state index in [2.05, 4.69) is 46.7 Å². The maximum Gasteiger partial charge on any atom is 0.320 e. The Balaban J connectivity index is 1.81. The van der Waals surface area contributed by atoms with Gasteiger partial charge < -0.3 is 5.11 Å². The van der Waals surface area contributed by atoms with Crippen LogP contribution in [0.4, 0.5) is 0 Å². The second-order valence-electron chi connectivity index (χ2n) is 6.26. The predicted molar refractivity (Wildman–Crippen MR) is 97.5 cm³/mol. The van der Waals surface area contributed by atoms with Crippen LogP contribution in [0.5, 0.6) is 0 Å². The number of thiophene rings is 1. The Hall–Kier alpha value is -2.17. The molecule has 0 saturated carbocycles. The van der Waals surface area contributed by atoms with E-state index in [1.54, 1.807) is 11.3 Å². The fourth-order valence-corrected chi connectivity index (χ4v) is 4.58. The van der Waals surface area contributed by atoms with Gasteiger partial charge in [-0.05, 0) is 46.7 Å². The number of carboxylic acid groups (broad SMARTS) is 1. The van der Waals surface area contributed by atoms with E-state index in [9.17, 15) is 9.90 Å². The lowest BCUT2D eigenvalue weighted by atomic mass is 9.99. The number of nitrogens with zero attached hydrogens (tertiary/aromatic N) is 1. The number of fused-ring (bicyclic) bond motifs is 1. The van der Waals surface area contributed by atoms with Crippen molar-refractivity contribution < 1.29 is 9.90 Å². The summed E-state index contributed by atoms with van der Waals surface area (Å²) in [6.07, 6.45) is 1.66. The molecule has 2 heterocycles. The molecule has 2 aromatic carbocycles. The highest BCUT2D eigenvalue weighted by atomic mass is 32.1. The van der Waals surface area contributed by atoms with Gasteiger partial charge in [0.15, 0.2) is 0 Å². The Morgan fingerprint density at radius 1 is 1.12 bits per heavy atom. The van der Waals surface area contributed by atoms with Crippen molar-refractivity contribution in [2.24, 2.45) is 0 Å². The number of carboxylic acids is 1. The number of likely N-dealkylation sites (tertiary alicyclic amines) is 1. The van der Waals surface area contributed by atoms with Crippen LogP contribution in [0, 0.1) is 0 Å². The van der Waals surface area contributed by atoms with Gasteiger partial charge in [-0.1, -0.05) is 42.5 Å². The molecule has 1 aromatic heterocycles. The molecule has 0 spiro atoms. The summed E-state index contributed by atoms with van der Waals surface area (Å²) in [6, 6.07) is 18.6. The van der Waals surface area contributed by atoms with Gasteiger partial charge in [0.25, 0.3) is 0 Å². The van der Waals surface area contributed by atoms with E-state index in [-0.39, 0.29) is 6.04 Å². The maximum absolute atomic E-state index is 11.7. The van der Waals surface area contributed by atoms with Gasteiger partial charge in [0, 0.05) is 11.4 Å². The average molecular weight is 337 g/mol. The summed E-state index contributed by atoms with van der Waals surface area (Å²) in [5.41, 5.74) is 1.17. The molecule has 3 aromatic rings. The van der Waals surface area contributed by atoms with Crippen LogP contribution in [0.3, 0.4) is 0 Å². The summed E-state index contributed by atoms with van der Waals surface area (Å²) < 4.78 is 0. The fraction of sp³-hybridized carbons (Fsp3) is 0.250. The van der Waals surface area contributed by atoms with Crippen molar-refractivity contribution in [1.29, 1.82) is 0 Å². The molecular weight excluding hydrogens is 318 g/mol. The van der Waals surface area contributed by atoms with Crippen LogP contribution in [0.2, 0.25) is 0 Å². The first kappa shape index (κ1) is 15.4. The van der Waals surface area contributed by atoms with Gasteiger partial charge in [0.1, 0.15) is 6.04 Å². The smallest absolute Gasteiger partial charge is 0.320 e. The molecular formula is C20H19NO2S. The van der Waals surface area contributed by atoms with Crippen molar-refractivity contribution in [1.82, 2.24) is 4.90 Å². The van der Waals surface area contributed by atoms with E-state index in [1.165, 1.54) is 21.2 Å². The highest BCUT2D eigenvalue weighted by molar-refractivity contribution is 7.10. The van der Waals surface area contributed by atoms with Crippen LogP contribution in [0.15, 0.2) is 60.0 Å². The number of hydrogen-bond acceptors (Lipinski definition) is 3. The molecule has 2 unspecified atom stereocenters. The van der Waals surface area contributed by atoms with Crippen LogP contribution in [-0.2, 0) is 4.79 Å². The van der Waals surface area contributed by atoms with Crippen molar-refractivity contribution in [3.63, 3.8) is 0 Å². The minimum atomic E-state index is -0.713. The summed E-state index contributed by atoms with van der Waals surface area (Å²) in [7, 11) is 0. The lowest BCUT2D eigenvalue weighted by Gasteiger charge is -2.31. The van der Waals surface area contributed by atoms with Gasteiger partial charge in [0.05, 0.1) is 6.04 Å². The molecule has 3 nitrogen and oxygen atoms in total. The van der Waals surface area contributed by atoms with Gasteiger partial charge >= 0.3 is 5.97 Å². The highest BCUT2D eigenvalue weighted by Gasteiger charge is 2.37. The number of hydrogen-bond donors (Lipinski definition) is 1. The van der Waals surface area contributed by atoms with Crippen molar-refractivity contribution >= 4 is 28.1 Å². The Kier molecular flexibility index (Phi) is 4.08. The van der Waals surface area contributed by atoms with Crippen molar-refractivity contribution in [3.05, 3.63) is 70.4 Å². The van der Waals surface area contributed by atoms with Crippen molar-refractivity contribution in [3.8, 4) is 0 Å². The summed E-state index contributed by atoms with van der Waals surface area (Å²) >= 11 is 1.70. The van der Waals surface area contributed by atoms with Crippen molar-refractivity contribution in [2.75, 3.05) is 6.54 Å². The third-order valence-electron chi connectivity index (χ3n) is 4.81. The van der Waals surface area contributed by atoms with Crippen LogP contribution >= 0.6 is 11.3 Å². The van der Waals surface area contributed by atoms with Gasteiger partial charge in [-0.2, -0.15) is 0 Å². The quantitative estimate of drug-likeness (QED) is 0.760. The van der Waals surface area contributed by atoms with E-state index in [0.29, 0.717) is 0 Å². The SMILES string of the molecule is O=C(O)C1CCCN1C(c1ccc2ccccc2c1)c1cccs1. The summed E-state index contributed by atoms with van der Waals surface area (Å²) in [6.45, 7) is 0.826. The fourth-order valence-electron chi connectivity index (χ4n) is 3.71. The zero-order valence-corrected chi connectivity index (χ0v) is 14.1. The number of carbonyl (C=O) groups is 1. The van der Waals surface area contributed by atoms with E-state index >= 15 is 0 Å². The van der Waals surface area contributed by atoms with Crippen LogP contribution in [0.1, 0.15) is 29.3 Å². The standard InChI is InChI=1S/C20H19NO2S/c22-20(23)17-7-3-11-21(17)19(18-8-4-12-24-18)16-10-9-14-5-1-2-6-15(14)13-16/h1-2,4-6,8-10,12-13,17,19H,3,7,11H2,(H,22,23). The molecule has 4 rings (SSSR count). The molecule has 1 saturated heterocycles. The van der Waals surface area contributed by atoms with Gasteiger partial charge in [-0.25, -0.2) is 0 Å². The zero-order chi connectivity index (χ0) is 16.5. The Bertz CT molecular complexity index is 859. The zero-order valence-electron chi connectivity index (χ0n) is 13.3. The Labute approximate surface area is 145 Å². The molecule has 0 bridgehead atoms. The first-order chi connectivity index (χ1) is 11.7. The predicted octanol–water partition coefficient (Wildman–Crippen LogP) is 4.54. The molecule has 1 N–H and O–H groups in total. The minimum absolute atomic E-state index is 0.0122. The molecule has 1 aliphatic rings. The molecule has 0 radical (unpaired) electrons. The van der Waals surface area contributed by atoms with Gasteiger partial charge in [-0.15, -0.1) is 11.3 Å². The summed E-state index contributed by atoms with van der Waals surface area (Å²) in [4.78, 5) is 15.0. The van der Waals surface area contributed by atoms with Gasteiger partial charge in [0.2, 0.25) is 0 Å². The third-order valence-corrected chi connectivity index (χ3v) is 5.74. The van der Waals surface area contributed by atoms with Crippen LogP contribution < -0.4 is 0 Å². The number of rotatable bonds is 4. The summed E-state index contributed by atoms with van der Waals surface area (Å²) in [5, 5.41) is 14.1. The van der Waals surface area contributed by atoms with E-state index in [1.807, 2.05) is 18.2 Å². The molecule has 122 valence electrons. The normalized spacial score (nSPS) is 19.6. The van der Waals surface area contributed by atoms with Gasteiger partial charge in [-0.3, -0.25) is 9.69 Å². The number of benzene rings is 2. The van der Waals surface area contributed by atoms with Crippen LogP contribution in [0.25, 0.3) is 10.8 Å². The molecule has 1 aliphatic heterocycles. The Morgan fingerprint density at radius 2 is 1.96 bits per heavy atom. The molecule has 24 heavy (non-hydrogen) atoms. The summed E-state index contributed by atoms with van der Waals surface area (Å²) in [5.74, 6) is -0.713. The number of aliphatic carboxylic acids is 1.